The number of carbonyl (C=O) groups excluding carboxylic acids is 3. The van der Waals surface area contributed by atoms with Gasteiger partial charge in [-0.05, 0) is 55.7 Å². The summed E-state index contributed by atoms with van der Waals surface area (Å²) in [5.41, 5.74) is 2.40. The molecule has 1 aliphatic heterocycles. The summed E-state index contributed by atoms with van der Waals surface area (Å²) in [6.07, 6.45) is 0.916. The number of benzene rings is 3. The second-order valence-electron chi connectivity index (χ2n) is 8.33. The van der Waals surface area contributed by atoms with E-state index in [2.05, 4.69) is 15.5 Å². The highest BCUT2D eigenvalue weighted by molar-refractivity contribution is 7.92. The zero-order valence-corrected chi connectivity index (χ0v) is 19.7. The number of hydrogen-bond donors (Lipinski definition) is 3. The average molecular weight is 493 g/mol. The third-order valence-electron chi connectivity index (χ3n) is 5.66. The molecule has 4 rings (SSSR count). The Morgan fingerprint density at radius 3 is 2.29 bits per heavy atom. The van der Waals surface area contributed by atoms with Gasteiger partial charge in [0.2, 0.25) is 0 Å². The van der Waals surface area contributed by atoms with Crippen LogP contribution in [0.15, 0.2) is 89.8 Å². The molecule has 35 heavy (non-hydrogen) atoms. The fraction of sp³-hybridized carbons (Fsp3) is 0.160. The molecule has 0 unspecified atom stereocenters. The molecule has 1 aliphatic rings. The summed E-state index contributed by atoms with van der Waals surface area (Å²) in [5.74, 6) is -1.31. The Kier molecular flexibility index (Phi) is 6.57. The van der Waals surface area contributed by atoms with E-state index in [0.29, 0.717) is 17.9 Å². The van der Waals surface area contributed by atoms with Crippen LogP contribution in [0, 0.1) is 0 Å². The normalized spacial score (nSPS) is 17.7. The van der Waals surface area contributed by atoms with Gasteiger partial charge in [-0.2, -0.15) is 5.01 Å². The summed E-state index contributed by atoms with van der Waals surface area (Å²) < 4.78 is 27.5. The summed E-state index contributed by atoms with van der Waals surface area (Å²) in [4.78, 5) is 38.3. The van der Waals surface area contributed by atoms with Crippen LogP contribution >= 0.6 is 0 Å². The van der Waals surface area contributed by atoms with E-state index < -0.39 is 33.4 Å². The van der Waals surface area contributed by atoms with Crippen LogP contribution in [0.5, 0.6) is 0 Å². The number of aryl methyl sites for hydroxylation is 1. The summed E-state index contributed by atoms with van der Waals surface area (Å²) in [6, 6.07) is 22.4. The lowest BCUT2D eigenvalue weighted by Crippen LogP contribution is -2.49. The maximum atomic E-state index is 13.0. The van der Waals surface area contributed by atoms with Gasteiger partial charge in [0.25, 0.3) is 21.8 Å². The number of imide groups is 1. The number of nitrogens with zero attached hydrogens (tertiary/aromatic N) is 1. The van der Waals surface area contributed by atoms with E-state index >= 15 is 0 Å². The lowest BCUT2D eigenvalue weighted by Gasteiger charge is -2.21. The zero-order valence-electron chi connectivity index (χ0n) is 18.9. The van der Waals surface area contributed by atoms with Crippen LogP contribution in [0.4, 0.5) is 10.5 Å². The number of carbonyl (C=O) groups is 3. The molecular formula is C25H24N4O5S. The quantitative estimate of drug-likeness (QED) is 0.417. The van der Waals surface area contributed by atoms with Crippen molar-refractivity contribution in [3.05, 3.63) is 96.1 Å². The van der Waals surface area contributed by atoms with Gasteiger partial charge in [0.1, 0.15) is 5.54 Å². The fourth-order valence-corrected chi connectivity index (χ4v) is 4.77. The van der Waals surface area contributed by atoms with E-state index in [9.17, 15) is 22.8 Å². The van der Waals surface area contributed by atoms with Gasteiger partial charge in [0, 0.05) is 11.3 Å². The van der Waals surface area contributed by atoms with E-state index in [-0.39, 0.29) is 16.1 Å². The van der Waals surface area contributed by atoms with E-state index in [1.165, 1.54) is 36.4 Å². The summed E-state index contributed by atoms with van der Waals surface area (Å²) in [5, 5.41) is 3.31. The number of nitrogens with one attached hydrogen (secondary N) is 3. The van der Waals surface area contributed by atoms with Crippen molar-refractivity contribution in [2.45, 2.75) is 30.2 Å². The molecule has 1 atom stereocenters. The third-order valence-corrected chi connectivity index (χ3v) is 7.06. The molecule has 1 saturated heterocycles. The summed E-state index contributed by atoms with van der Waals surface area (Å²) in [7, 11) is -3.85. The van der Waals surface area contributed by atoms with Gasteiger partial charge < -0.3 is 5.32 Å². The molecule has 0 aromatic heterocycles. The molecule has 0 aliphatic carbocycles. The molecule has 3 N–H and O–H groups in total. The summed E-state index contributed by atoms with van der Waals surface area (Å²) in [6.45, 7) is 1.61. The summed E-state index contributed by atoms with van der Waals surface area (Å²) >= 11 is 0. The molecular weight excluding hydrogens is 468 g/mol. The maximum absolute atomic E-state index is 13.0. The van der Waals surface area contributed by atoms with Crippen LogP contribution in [0.2, 0.25) is 0 Å². The number of anilines is 1. The van der Waals surface area contributed by atoms with Crippen molar-refractivity contribution in [1.29, 1.82) is 0 Å². The lowest BCUT2D eigenvalue weighted by molar-refractivity contribution is -0.132. The van der Waals surface area contributed by atoms with Crippen molar-refractivity contribution in [2.24, 2.45) is 0 Å². The third kappa shape index (κ3) is 5.33. The molecule has 3 aromatic carbocycles. The second kappa shape index (κ2) is 9.59. The number of hydrazine groups is 1. The molecule has 0 bridgehead atoms. The Hall–Kier alpha value is -4.18. The van der Waals surface area contributed by atoms with Crippen LogP contribution < -0.4 is 15.5 Å². The minimum atomic E-state index is -3.85. The molecule has 0 saturated carbocycles. The van der Waals surface area contributed by atoms with Crippen LogP contribution in [-0.2, 0) is 21.2 Å². The molecule has 0 radical (unpaired) electrons. The number of amides is 4. The topological polar surface area (TPSA) is 125 Å². The minimum absolute atomic E-state index is 0.0664. The molecule has 9 nitrogen and oxygen atoms in total. The van der Waals surface area contributed by atoms with E-state index in [0.717, 1.165) is 5.56 Å². The average Bonchev–Trinajstić information content (AvgIpc) is 3.07. The standard InChI is InChI=1S/C25H24N4O5S/c1-25(16-15-18-9-4-2-5-10-18)23(31)29(24(32)26-25)27-22(30)19-11-8-12-20(17-19)28-35(33,34)21-13-6-3-7-14-21/h2-14,17,28H,15-16H2,1H3,(H,26,32)(H,27,30)/t25-/m0/s1. The Bertz CT molecular complexity index is 1360. The maximum Gasteiger partial charge on any atom is 0.344 e. The highest BCUT2D eigenvalue weighted by Crippen LogP contribution is 2.23. The SMILES string of the molecule is C[C@@]1(CCc2ccccc2)NC(=O)N(NC(=O)c2cccc(NS(=O)(=O)c3ccccc3)c2)C1=O. The zero-order chi connectivity index (χ0) is 25.1. The highest BCUT2D eigenvalue weighted by atomic mass is 32.2. The van der Waals surface area contributed by atoms with Crippen molar-refractivity contribution in [3.8, 4) is 0 Å². The van der Waals surface area contributed by atoms with Gasteiger partial charge in [-0.25, -0.2) is 13.2 Å². The van der Waals surface area contributed by atoms with E-state index in [1.807, 2.05) is 30.3 Å². The molecule has 4 amide bonds. The number of rotatable bonds is 8. The van der Waals surface area contributed by atoms with Crippen LogP contribution in [0.3, 0.4) is 0 Å². The molecule has 1 heterocycles. The van der Waals surface area contributed by atoms with Gasteiger partial charge in [0.15, 0.2) is 0 Å². The number of hydrogen-bond acceptors (Lipinski definition) is 5. The molecule has 3 aromatic rings. The van der Waals surface area contributed by atoms with Crippen molar-refractivity contribution < 1.29 is 22.8 Å². The molecule has 1 fully saturated rings. The van der Waals surface area contributed by atoms with E-state index in [4.69, 9.17) is 0 Å². The van der Waals surface area contributed by atoms with Gasteiger partial charge >= 0.3 is 6.03 Å². The monoisotopic (exact) mass is 492 g/mol. The van der Waals surface area contributed by atoms with Crippen LogP contribution in [0.1, 0.15) is 29.3 Å². The fourth-order valence-electron chi connectivity index (χ4n) is 3.70. The van der Waals surface area contributed by atoms with Gasteiger partial charge in [-0.3, -0.25) is 19.7 Å². The predicted octanol–water partition coefficient (Wildman–Crippen LogP) is 3.08. The molecule has 0 spiro atoms. The predicted molar refractivity (Wildman–Crippen MR) is 130 cm³/mol. The van der Waals surface area contributed by atoms with Gasteiger partial charge in [-0.15, -0.1) is 0 Å². The highest BCUT2D eigenvalue weighted by Gasteiger charge is 2.48. The molecule has 10 heteroatoms. The lowest BCUT2D eigenvalue weighted by atomic mass is 9.93. The van der Waals surface area contributed by atoms with Gasteiger partial charge in [0.05, 0.1) is 4.90 Å². The first-order valence-electron chi connectivity index (χ1n) is 10.9. The van der Waals surface area contributed by atoms with Crippen LogP contribution in [-0.4, -0.2) is 36.8 Å². The van der Waals surface area contributed by atoms with Crippen molar-refractivity contribution in [2.75, 3.05) is 4.72 Å². The minimum Gasteiger partial charge on any atom is -0.322 e. The second-order valence-corrected chi connectivity index (χ2v) is 10.0. The number of sulfonamides is 1. The van der Waals surface area contributed by atoms with Crippen molar-refractivity contribution in [3.63, 3.8) is 0 Å². The Labute approximate surface area is 203 Å². The smallest absolute Gasteiger partial charge is 0.322 e. The first kappa shape index (κ1) is 24.0. The largest absolute Gasteiger partial charge is 0.344 e. The number of urea groups is 1. The van der Waals surface area contributed by atoms with Crippen molar-refractivity contribution in [1.82, 2.24) is 15.8 Å². The first-order valence-corrected chi connectivity index (χ1v) is 12.4. The Morgan fingerprint density at radius 2 is 1.60 bits per heavy atom. The van der Waals surface area contributed by atoms with E-state index in [1.54, 1.807) is 25.1 Å². The van der Waals surface area contributed by atoms with Gasteiger partial charge in [-0.1, -0.05) is 54.6 Å². The Morgan fingerprint density at radius 1 is 0.943 bits per heavy atom. The van der Waals surface area contributed by atoms with Crippen LogP contribution in [0.25, 0.3) is 0 Å². The first-order chi connectivity index (χ1) is 16.7. The molecule has 180 valence electrons. The van der Waals surface area contributed by atoms with Crippen molar-refractivity contribution >= 4 is 33.6 Å². The Balaban J connectivity index is 1.44.